The largest absolute Gasteiger partial charge is 0.495 e. The van der Waals surface area contributed by atoms with Crippen LogP contribution < -0.4 is 15.4 Å². The van der Waals surface area contributed by atoms with Crippen molar-refractivity contribution >= 4 is 11.6 Å². The second-order valence-electron chi connectivity index (χ2n) is 6.60. The molecule has 0 bridgehead atoms. The van der Waals surface area contributed by atoms with E-state index in [9.17, 15) is 4.79 Å². The van der Waals surface area contributed by atoms with Gasteiger partial charge in [-0.25, -0.2) is 0 Å². The van der Waals surface area contributed by atoms with Crippen LogP contribution in [-0.4, -0.2) is 25.1 Å². The first-order valence-corrected chi connectivity index (χ1v) is 8.31. The van der Waals surface area contributed by atoms with E-state index in [0.29, 0.717) is 17.7 Å². The van der Waals surface area contributed by atoms with Crippen molar-refractivity contribution in [3.8, 4) is 5.75 Å². The molecule has 122 valence electrons. The Bertz CT molecular complexity index is 504. The van der Waals surface area contributed by atoms with Gasteiger partial charge in [0.25, 0.3) is 5.91 Å². The van der Waals surface area contributed by atoms with Gasteiger partial charge in [-0.1, -0.05) is 26.0 Å². The molecule has 1 aliphatic carbocycles. The molecule has 4 heteroatoms. The summed E-state index contributed by atoms with van der Waals surface area (Å²) in [7, 11) is 1.62. The summed E-state index contributed by atoms with van der Waals surface area (Å²) in [5.74, 6) is 2.15. The van der Waals surface area contributed by atoms with Crippen molar-refractivity contribution in [3.05, 3.63) is 24.3 Å². The Hall–Kier alpha value is -1.55. The molecule has 1 amide bonds. The van der Waals surface area contributed by atoms with Crippen LogP contribution in [-0.2, 0) is 4.79 Å². The lowest BCUT2D eigenvalue weighted by molar-refractivity contribution is -0.715. The summed E-state index contributed by atoms with van der Waals surface area (Å²) in [6, 6.07) is 7.97. The summed E-state index contributed by atoms with van der Waals surface area (Å²) in [5, 5.41) is 5.22. The standard InChI is InChI=1S/C18H28N2O2/c1-12-8-7-10-15(13(12)2)19-14(3)18(21)20-16-9-5-6-11-17(16)22-4/h5-6,9,11-15,19H,7-8,10H2,1-4H3,(H,20,21)/p+1/t12-,13-,14+,15+/m1/s1. The number of hydrogen-bond acceptors (Lipinski definition) is 2. The second-order valence-corrected chi connectivity index (χ2v) is 6.60. The highest BCUT2D eigenvalue weighted by molar-refractivity contribution is 5.94. The van der Waals surface area contributed by atoms with Crippen LogP contribution in [0.15, 0.2) is 24.3 Å². The SMILES string of the molecule is COc1ccccc1NC(=O)[C@H](C)[NH2+][C@H]1CCC[C@@H](C)[C@H]1C. The topological polar surface area (TPSA) is 54.9 Å². The number of ether oxygens (including phenoxy) is 1. The maximum Gasteiger partial charge on any atom is 0.282 e. The summed E-state index contributed by atoms with van der Waals surface area (Å²) >= 11 is 0. The number of para-hydroxylation sites is 2. The van der Waals surface area contributed by atoms with Gasteiger partial charge in [0.2, 0.25) is 0 Å². The van der Waals surface area contributed by atoms with Gasteiger partial charge in [0.05, 0.1) is 18.8 Å². The van der Waals surface area contributed by atoms with Gasteiger partial charge in [-0.15, -0.1) is 0 Å². The molecule has 4 nitrogen and oxygen atoms in total. The van der Waals surface area contributed by atoms with E-state index in [1.807, 2.05) is 31.2 Å². The van der Waals surface area contributed by atoms with Gasteiger partial charge in [0.15, 0.2) is 6.04 Å². The highest BCUT2D eigenvalue weighted by atomic mass is 16.5. The highest BCUT2D eigenvalue weighted by Gasteiger charge is 2.32. The number of nitrogens with two attached hydrogens (primary N) is 1. The van der Waals surface area contributed by atoms with Crippen LogP contribution >= 0.6 is 0 Å². The Kier molecular flexibility index (Phi) is 5.83. The highest BCUT2D eigenvalue weighted by Crippen LogP contribution is 2.27. The molecule has 0 saturated heterocycles. The average molecular weight is 305 g/mol. The molecule has 0 aromatic heterocycles. The fraction of sp³-hybridized carbons (Fsp3) is 0.611. The molecule has 0 unspecified atom stereocenters. The second kappa shape index (κ2) is 7.63. The molecule has 0 spiro atoms. The van der Waals surface area contributed by atoms with Crippen molar-refractivity contribution in [3.63, 3.8) is 0 Å². The van der Waals surface area contributed by atoms with Crippen molar-refractivity contribution in [1.82, 2.24) is 0 Å². The first kappa shape index (κ1) is 16.8. The fourth-order valence-corrected chi connectivity index (χ4v) is 3.35. The van der Waals surface area contributed by atoms with E-state index in [1.54, 1.807) is 7.11 Å². The van der Waals surface area contributed by atoms with Crippen LogP contribution in [0.3, 0.4) is 0 Å². The third-order valence-corrected chi connectivity index (χ3v) is 5.08. The quantitative estimate of drug-likeness (QED) is 0.878. The molecule has 1 aromatic rings. The summed E-state index contributed by atoms with van der Waals surface area (Å²) in [6.45, 7) is 6.62. The van der Waals surface area contributed by atoms with Crippen molar-refractivity contribution in [2.75, 3.05) is 12.4 Å². The van der Waals surface area contributed by atoms with E-state index in [0.717, 1.165) is 11.6 Å². The number of anilines is 1. The van der Waals surface area contributed by atoms with Gasteiger partial charge >= 0.3 is 0 Å². The van der Waals surface area contributed by atoms with Crippen molar-refractivity contribution in [2.45, 2.75) is 52.1 Å². The number of quaternary nitrogens is 1. The van der Waals surface area contributed by atoms with Gasteiger partial charge in [-0.2, -0.15) is 0 Å². The van der Waals surface area contributed by atoms with Crippen molar-refractivity contribution in [2.24, 2.45) is 11.8 Å². The fourth-order valence-electron chi connectivity index (χ4n) is 3.35. The maximum absolute atomic E-state index is 12.4. The lowest BCUT2D eigenvalue weighted by atomic mass is 9.78. The van der Waals surface area contributed by atoms with E-state index < -0.39 is 0 Å². The molecule has 2 rings (SSSR count). The average Bonchev–Trinajstić information content (AvgIpc) is 2.52. The third kappa shape index (κ3) is 4.01. The molecule has 0 radical (unpaired) electrons. The zero-order chi connectivity index (χ0) is 16.1. The Labute approximate surface area is 133 Å². The van der Waals surface area contributed by atoms with Crippen LogP contribution in [0.5, 0.6) is 5.75 Å². The molecule has 1 fully saturated rings. The third-order valence-electron chi connectivity index (χ3n) is 5.08. The summed E-state index contributed by atoms with van der Waals surface area (Å²) in [6.07, 6.45) is 3.79. The molecular formula is C18H29N2O2+. The zero-order valence-corrected chi connectivity index (χ0v) is 14.1. The van der Waals surface area contributed by atoms with Crippen molar-refractivity contribution < 1.29 is 14.8 Å². The van der Waals surface area contributed by atoms with Crippen LogP contribution in [0.25, 0.3) is 0 Å². The van der Waals surface area contributed by atoms with E-state index in [1.165, 1.54) is 19.3 Å². The van der Waals surface area contributed by atoms with Gasteiger partial charge in [-0.05, 0) is 44.2 Å². The van der Waals surface area contributed by atoms with Gasteiger partial charge in [0.1, 0.15) is 5.75 Å². The molecule has 1 aromatic carbocycles. The molecular weight excluding hydrogens is 276 g/mol. The predicted molar refractivity (Wildman–Crippen MR) is 89.0 cm³/mol. The van der Waals surface area contributed by atoms with Crippen molar-refractivity contribution in [1.29, 1.82) is 0 Å². The van der Waals surface area contributed by atoms with Gasteiger partial charge in [0, 0.05) is 5.92 Å². The molecule has 0 heterocycles. The summed E-state index contributed by atoms with van der Waals surface area (Å²) in [4.78, 5) is 12.4. The Morgan fingerprint density at radius 2 is 2.05 bits per heavy atom. The van der Waals surface area contributed by atoms with Gasteiger partial charge < -0.3 is 15.4 Å². The van der Waals surface area contributed by atoms with Gasteiger partial charge in [-0.3, -0.25) is 4.79 Å². The minimum absolute atomic E-state index is 0.0370. The number of methoxy groups -OCH3 is 1. The van der Waals surface area contributed by atoms with Crippen LogP contribution in [0.4, 0.5) is 5.69 Å². The molecule has 0 aliphatic heterocycles. The normalized spacial score (nSPS) is 26.3. The van der Waals surface area contributed by atoms with Crippen LogP contribution in [0, 0.1) is 11.8 Å². The van der Waals surface area contributed by atoms with Crippen LogP contribution in [0.1, 0.15) is 40.0 Å². The lowest BCUT2D eigenvalue weighted by Crippen LogP contribution is -2.97. The lowest BCUT2D eigenvalue weighted by Gasteiger charge is -2.33. The number of carbonyl (C=O) groups is 1. The maximum atomic E-state index is 12.4. The predicted octanol–water partition coefficient (Wildman–Crippen LogP) is 2.41. The number of nitrogens with one attached hydrogen (secondary N) is 1. The van der Waals surface area contributed by atoms with E-state index in [2.05, 4.69) is 24.5 Å². The number of hydrogen-bond donors (Lipinski definition) is 2. The van der Waals surface area contributed by atoms with E-state index in [4.69, 9.17) is 4.74 Å². The number of benzene rings is 1. The first-order chi connectivity index (χ1) is 10.5. The molecule has 1 aliphatic rings. The minimum Gasteiger partial charge on any atom is -0.495 e. The first-order valence-electron chi connectivity index (χ1n) is 8.31. The Morgan fingerprint density at radius 3 is 2.77 bits per heavy atom. The summed E-state index contributed by atoms with van der Waals surface area (Å²) in [5.41, 5.74) is 0.736. The molecule has 3 N–H and O–H groups in total. The summed E-state index contributed by atoms with van der Waals surface area (Å²) < 4.78 is 5.28. The van der Waals surface area contributed by atoms with E-state index in [-0.39, 0.29) is 11.9 Å². The number of amides is 1. The Morgan fingerprint density at radius 1 is 1.32 bits per heavy atom. The monoisotopic (exact) mass is 305 g/mol. The molecule has 1 saturated carbocycles. The smallest absolute Gasteiger partial charge is 0.282 e. The molecule has 22 heavy (non-hydrogen) atoms. The van der Waals surface area contributed by atoms with E-state index >= 15 is 0 Å². The van der Waals surface area contributed by atoms with Crippen LogP contribution in [0.2, 0.25) is 0 Å². The molecule has 4 atom stereocenters. The Balaban J connectivity index is 1.94. The number of rotatable bonds is 5. The zero-order valence-electron chi connectivity index (χ0n) is 14.1. The number of carbonyl (C=O) groups excluding carboxylic acids is 1. The minimum atomic E-state index is -0.0948.